The van der Waals surface area contributed by atoms with Gasteiger partial charge in [0, 0.05) is 23.5 Å². The molecule has 0 radical (unpaired) electrons. The SMILES string of the molecule is COc1ccc2ccccc2c1-c1cnc2c(-c3nnn[nH]3)c(N)nn2c1. The summed E-state index contributed by atoms with van der Waals surface area (Å²) in [7, 11) is 1.65. The maximum Gasteiger partial charge on any atom is 0.187 e. The van der Waals surface area contributed by atoms with Crippen LogP contribution < -0.4 is 10.5 Å². The first-order chi connectivity index (χ1) is 13.3. The Morgan fingerprint density at radius 1 is 1.11 bits per heavy atom. The maximum absolute atomic E-state index is 6.07. The molecule has 0 saturated heterocycles. The number of anilines is 1. The number of nitrogens with zero attached hydrogens (tertiary/aromatic N) is 6. The molecular formula is C18H14N8O. The average Bonchev–Trinajstić information content (AvgIpc) is 3.33. The van der Waals surface area contributed by atoms with Crippen LogP contribution >= 0.6 is 0 Å². The van der Waals surface area contributed by atoms with E-state index in [-0.39, 0.29) is 0 Å². The zero-order chi connectivity index (χ0) is 18.4. The lowest BCUT2D eigenvalue weighted by Crippen LogP contribution is -1.95. The Labute approximate surface area is 152 Å². The molecule has 3 aromatic heterocycles. The Kier molecular flexibility index (Phi) is 3.26. The van der Waals surface area contributed by atoms with Crippen molar-refractivity contribution in [2.24, 2.45) is 0 Å². The molecule has 2 aromatic carbocycles. The minimum absolute atomic E-state index is 0.295. The molecule has 5 rings (SSSR count). The number of hydrogen-bond donors (Lipinski definition) is 2. The molecule has 9 heteroatoms. The third-order valence-corrected chi connectivity index (χ3v) is 4.48. The second kappa shape index (κ2) is 5.77. The van der Waals surface area contributed by atoms with Crippen LogP contribution in [0.3, 0.4) is 0 Å². The predicted molar refractivity (Wildman–Crippen MR) is 100 cm³/mol. The van der Waals surface area contributed by atoms with Crippen LogP contribution in [0, 0.1) is 0 Å². The lowest BCUT2D eigenvalue weighted by molar-refractivity contribution is 0.417. The van der Waals surface area contributed by atoms with Gasteiger partial charge in [0.15, 0.2) is 17.3 Å². The van der Waals surface area contributed by atoms with E-state index in [0.29, 0.717) is 22.9 Å². The minimum Gasteiger partial charge on any atom is -0.496 e. The Morgan fingerprint density at radius 2 is 2.00 bits per heavy atom. The summed E-state index contributed by atoms with van der Waals surface area (Å²) in [5, 5.41) is 20.3. The molecule has 0 atom stereocenters. The summed E-state index contributed by atoms with van der Waals surface area (Å²) >= 11 is 0. The number of tetrazole rings is 1. The highest BCUT2D eigenvalue weighted by atomic mass is 16.5. The molecule has 132 valence electrons. The number of nitrogens with two attached hydrogens (primary N) is 1. The molecule has 27 heavy (non-hydrogen) atoms. The van der Waals surface area contributed by atoms with E-state index in [0.717, 1.165) is 27.6 Å². The first-order valence-corrected chi connectivity index (χ1v) is 8.20. The van der Waals surface area contributed by atoms with E-state index in [4.69, 9.17) is 10.5 Å². The van der Waals surface area contributed by atoms with Crippen LogP contribution in [0.4, 0.5) is 5.82 Å². The van der Waals surface area contributed by atoms with Crippen molar-refractivity contribution in [1.29, 1.82) is 0 Å². The van der Waals surface area contributed by atoms with Gasteiger partial charge in [-0.05, 0) is 27.3 Å². The van der Waals surface area contributed by atoms with Gasteiger partial charge < -0.3 is 10.5 Å². The highest BCUT2D eigenvalue weighted by Gasteiger charge is 2.19. The quantitative estimate of drug-likeness (QED) is 0.508. The minimum atomic E-state index is 0.295. The van der Waals surface area contributed by atoms with Crippen LogP contribution in [0.1, 0.15) is 0 Å². The van der Waals surface area contributed by atoms with Gasteiger partial charge in [0.05, 0.1) is 7.11 Å². The Balaban J connectivity index is 1.77. The number of benzene rings is 2. The third-order valence-electron chi connectivity index (χ3n) is 4.48. The van der Waals surface area contributed by atoms with Crippen LogP contribution in [0.25, 0.3) is 38.9 Å². The molecule has 0 aliphatic carbocycles. The molecule has 0 amide bonds. The van der Waals surface area contributed by atoms with Crippen molar-refractivity contribution < 1.29 is 4.74 Å². The van der Waals surface area contributed by atoms with Gasteiger partial charge in [0.2, 0.25) is 0 Å². The molecule has 3 N–H and O–H groups in total. The van der Waals surface area contributed by atoms with Crippen molar-refractivity contribution in [3.8, 4) is 28.3 Å². The number of nitrogens with one attached hydrogen (secondary N) is 1. The number of hydrogen-bond acceptors (Lipinski definition) is 7. The Morgan fingerprint density at radius 3 is 2.81 bits per heavy atom. The van der Waals surface area contributed by atoms with Crippen LogP contribution in [-0.2, 0) is 0 Å². The molecule has 0 spiro atoms. The Hall–Kier alpha value is -4.01. The molecule has 0 aliphatic rings. The first kappa shape index (κ1) is 15.3. The molecular weight excluding hydrogens is 344 g/mol. The number of fused-ring (bicyclic) bond motifs is 2. The number of rotatable bonds is 3. The zero-order valence-electron chi connectivity index (χ0n) is 14.3. The van der Waals surface area contributed by atoms with E-state index in [9.17, 15) is 0 Å². The number of aromatic nitrogens is 7. The standard InChI is InChI=1S/C18H14N8O/c1-27-13-7-6-10-4-2-3-5-12(10)14(13)11-8-20-18-15(17-21-24-25-22-17)16(19)23-26(18)9-11/h2-9H,1H3,(H2,19,23)(H,21,22,24,25). The fourth-order valence-electron chi connectivity index (χ4n) is 3.29. The summed E-state index contributed by atoms with van der Waals surface area (Å²) in [5.41, 5.74) is 9.01. The second-order valence-electron chi connectivity index (χ2n) is 5.98. The molecule has 0 unspecified atom stereocenters. The molecule has 0 fully saturated rings. The summed E-state index contributed by atoms with van der Waals surface area (Å²) in [6.07, 6.45) is 3.64. The summed E-state index contributed by atoms with van der Waals surface area (Å²) in [4.78, 5) is 4.57. The largest absolute Gasteiger partial charge is 0.496 e. The number of H-pyrrole nitrogens is 1. The van der Waals surface area contributed by atoms with Crippen LogP contribution in [0.2, 0.25) is 0 Å². The van der Waals surface area contributed by atoms with Gasteiger partial charge in [0.1, 0.15) is 11.3 Å². The van der Waals surface area contributed by atoms with E-state index < -0.39 is 0 Å². The molecule has 0 bridgehead atoms. The van der Waals surface area contributed by atoms with Crippen molar-refractivity contribution >= 4 is 22.2 Å². The van der Waals surface area contributed by atoms with Crippen LogP contribution in [-0.4, -0.2) is 42.3 Å². The molecule has 5 aromatic rings. The summed E-state index contributed by atoms with van der Waals surface area (Å²) < 4.78 is 7.22. The average molecular weight is 358 g/mol. The zero-order valence-corrected chi connectivity index (χ0v) is 14.3. The molecule has 0 saturated carbocycles. The lowest BCUT2D eigenvalue weighted by atomic mass is 9.99. The number of nitrogen functional groups attached to an aromatic ring is 1. The highest BCUT2D eigenvalue weighted by Crippen LogP contribution is 2.37. The van der Waals surface area contributed by atoms with E-state index in [2.05, 4.69) is 42.8 Å². The van der Waals surface area contributed by atoms with Gasteiger partial charge in [-0.15, -0.1) is 10.2 Å². The van der Waals surface area contributed by atoms with Gasteiger partial charge in [-0.25, -0.2) is 14.6 Å². The van der Waals surface area contributed by atoms with Crippen molar-refractivity contribution in [2.45, 2.75) is 0 Å². The van der Waals surface area contributed by atoms with E-state index >= 15 is 0 Å². The molecule has 0 aliphatic heterocycles. The van der Waals surface area contributed by atoms with E-state index in [1.807, 2.05) is 30.5 Å². The van der Waals surface area contributed by atoms with Gasteiger partial charge in [-0.2, -0.15) is 0 Å². The first-order valence-electron chi connectivity index (χ1n) is 8.20. The highest BCUT2D eigenvalue weighted by molar-refractivity contribution is 5.99. The van der Waals surface area contributed by atoms with Crippen LogP contribution in [0.5, 0.6) is 5.75 Å². The fraction of sp³-hybridized carbons (Fsp3) is 0.0556. The smallest absolute Gasteiger partial charge is 0.187 e. The van der Waals surface area contributed by atoms with Gasteiger partial charge >= 0.3 is 0 Å². The normalized spacial score (nSPS) is 11.3. The van der Waals surface area contributed by atoms with E-state index in [1.54, 1.807) is 17.8 Å². The van der Waals surface area contributed by atoms with Crippen LogP contribution in [0.15, 0.2) is 48.8 Å². The van der Waals surface area contributed by atoms with Gasteiger partial charge in [-0.3, -0.25) is 0 Å². The Bertz CT molecular complexity index is 1280. The second-order valence-corrected chi connectivity index (χ2v) is 5.98. The van der Waals surface area contributed by atoms with Gasteiger partial charge in [-0.1, -0.05) is 30.3 Å². The summed E-state index contributed by atoms with van der Waals surface area (Å²) in [5.74, 6) is 1.48. The number of ether oxygens (including phenoxy) is 1. The molecule has 3 heterocycles. The topological polar surface area (TPSA) is 120 Å². The van der Waals surface area contributed by atoms with Crippen molar-refractivity contribution in [2.75, 3.05) is 12.8 Å². The number of aromatic amines is 1. The maximum atomic E-state index is 6.07. The predicted octanol–water partition coefficient (Wildman–Crippen LogP) is 2.32. The lowest BCUT2D eigenvalue weighted by Gasteiger charge is -2.12. The third kappa shape index (κ3) is 2.29. The summed E-state index contributed by atoms with van der Waals surface area (Å²) in [6, 6.07) is 12.1. The van der Waals surface area contributed by atoms with Crippen molar-refractivity contribution in [3.63, 3.8) is 0 Å². The van der Waals surface area contributed by atoms with Crippen molar-refractivity contribution in [1.82, 2.24) is 35.2 Å². The van der Waals surface area contributed by atoms with Gasteiger partial charge in [0.25, 0.3) is 0 Å². The van der Waals surface area contributed by atoms with Crippen molar-refractivity contribution in [3.05, 3.63) is 48.8 Å². The number of methoxy groups -OCH3 is 1. The fourth-order valence-corrected chi connectivity index (χ4v) is 3.29. The molecule has 9 nitrogen and oxygen atoms in total. The van der Waals surface area contributed by atoms with E-state index in [1.165, 1.54) is 0 Å². The summed E-state index contributed by atoms with van der Waals surface area (Å²) in [6.45, 7) is 0. The monoisotopic (exact) mass is 358 g/mol.